The molecule has 0 aliphatic carbocycles. The third kappa shape index (κ3) is 2.09. The van der Waals surface area contributed by atoms with Crippen LogP contribution >= 0.6 is 27.5 Å². The van der Waals surface area contributed by atoms with Crippen LogP contribution in [0.3, 0.4) is 0 Å². The zero-order valence-corrected chi connectivity index (χ0v) is 12.6. The van der Waals surface area contributed by atoms with Gasteiger partial charge < -0.3 is 9.84 Å². The number of phenolic OH excluding ortho intramolecular Hbond substituents is 1. The molecule has 0 fully saturated rings. The maximum atomic E-state index is 12.3. The van der Waals surface area contributed by atoms with Crippen molar-refractivity contribution in [1.29, 1.82) is 0 Å². The highest BCUT2D eigenvalue weighted by atomic mass is 79.9. The average Bonchev–Trinajstić information content (AvgIpc) is 2.43. The molecule has 1 unspecified atom stereocenters. The number of phenols is 1. The molecule has 1 aliphatic rings. The molecule has 0 saturated carbocycles. The molecule has 0 radical (unpaired) electrons. The van der Waals surface area contributed by atoms with Gasteiger partial charge in [-0.3, -0.25) is 4.79 Å². The van der Waals surface area contributed by atoms with Crippen LogP contribution in [-0.2, 0) is 5.06 Å². The lowest BCUT2D eigenvalue weighted by atomic mass is 9.95. The number of ether oxygens (including phenoxy) is 1. The lowest BCUT2D eigenvalue weighted by Crippen LogP contribution is -2.34. The fourth-order valence-electron chi connectivity index (χ4n) is 2.25. The average molecular weight is 354 g/mol. The van der Waals surface area contributed by atoms with Gasteiger partial charge in [-0.05, 0) is 28.1 Å². The molecule has 5 heteroatoms. The van der Waals surface area contributed by atoms with Crippen molar-refractivity contribution >= 4 is 33.3 Å². The van der Waals surface area contributed by atoms with E-state index in [0.29, 0.717) is 15.8 Å². The van der Waals surface area contributed by atoms with Gasteiger partial charge in [0.05, 0.1) is 16.5 Å². The van der Waals surface area contributed by atoms with E-state index in [4.69, 9.17) is 16.3 Å². The number of benzene rings is 2. The highest BCUT2D eigenvalue weighted by molar-refractivity contribution is 9.10. The zero-order valence-electron chi connectivity index (χ0n) is 10.3. The van der Waals surface area contributed by atoms with Crippen molar-refractivity contribution in [2.75, 3.05) is 0 Å². The largest absolute Gasteiger partial charge is 0.507 e. The summed E-state index contributed by atoms with van der Waals surface area (Å²) >= 11 is 9.70. The summed E-state index contributed by atoms with van der Waals surface area (Å²) in [5.41, 5.74) is 1.06. The molecule has 1 aliphatic heterocycles. The Labute approximate surface area is 129 Å². The summed E-state index contributed by atoms with van der Waals surface area (Å²) in [6.45, 7) is 0. The van der Waals surface area contributed by atoms with E-state index in [0.717, 1.165) is 5.56 Å². The Morgan fingerprint density at radius 1 is 1.20 bits per heavy atom. The lowest BCUT2D eigenvalue weighted by Gasteiger charge is -2.33. The second kappa shape index (κ2) is 4.79. The fourth-order valence-corrected chi connectivity index (χ4v) is 3.12. The zero-order chi connectivity index (χ0) is 14.3. The number of rotatable bonds is 1. The van der Waals surface area contributed by atoms with Crippen molar-refractivity contribution in [3.63, 3.8) is 0 Å². The number of aromatic hydroxyl groups is 1. The number of ketones is 1. The molecule has 2 aromatic rings. The number of hydrogen-bond acceptors (Lipinski definition) is 3. The Morgan fingerprint density at radius 2 is 1.90 bits per heavy atom. The number of alkyl halides is 1. The molecule has 20 heavy (non-hydrogen) atoms. The molecule has 0 saturated heterocycles. The van der Waals surface area contributed by atoms with Gasteiger partial charge in [0.15, 0.2) is 5.78 Å². The van der Waals surface area contributed by atoms with E-state index < -0.39 is 5.06 Å². The highest BCUT2D eigenvalue weighted by Gasteiger charge is 2.41. The summed E-state index contributed by atoms with van der Waals surface area (Å²) in [5.74, 6) is 0.195. The van der Waals surface area contributed by atoms with Crippen molar-refractivity contribution in [3.05, 3.63) is 58.1 Å². The van der Waals surface area contributed by atoms with Crippen molar-refractivity contribution in [1.82, 2.24) is 0 Å². The Balaban J connectivity index is 2.10. The lowest BCUT2D eigenvalue weighted by molar-refractivity contribution is 0.0764. The van der Waals surface area contributed by atoms with Gasteiger partial charge >= 0.3 is 0 Å². The molecular formula is C15H10BrClO3. The van der Waals surface area contributed by atoms with E-state index in [1.165, 1.54) is 6.07 Å². The van der Waals surface area contributed by atoms with Gasteiger partial charge in [-0.15, -0.1) is 0 Å². The maximum absolute atomic E-state index is 12.3. The molecule has 3 nitrogen and oxygen atoms in total. The Morgan fingerprint density at radius 3 is 2.60 bits per heavy atom. The molecule has 3 rings (SSSR count). The summed E-state index contributed by atoms with van der Waals surface area (Å²) in [6.07, 6.45) is 0.00756. The van der Waals surface area contributed by atoms with Crippen LogP contribution in [0.2, 0.25) is 0 Å². The van der Waals surface area contributed by atoms with Crippen LogP contribution in [0.25, 0.3) is 0 Å². The standard InChI is InChI=1S/C15H10BrClO3/c16-14-10(18)6-7-12-13(14)11(19)8-15(17,20-12)9-4-2-1-3-5-9/h1-7,18H,8H2. The molecule has 0 aromatic heterocycles. The van der Waals surface area contributed by atoms with E-state index in [1.54, 1.807) is 6.07 Å². The molecule has 1 N–H and O–H groups in total. The monoisotopic (exact) mass is 352 g/mol. The Bertz CT molecular complexity index is 687. The summed E-state index contributed by atoms with van der Waals surface area (Å²) < 4.78 is 6.15. The smallest absolute Gasteiger partial charge is 0.215 e. The summed E-state index contributed by atoms with van der Waals surface area (Å²) in [6, 6.07) is 12.2. The minimum atomic E-state index is -1.21. The number of Topliss-reactive ketones (excluding diaryl/α,β-unsaturated/α-hetero) is 1. The van der Waals surface area contributed by atoms with Crippen LogP contribution in [0, 0.1) is 0 Å². The van der Waals surface area contributed by atoms with Gasteiger partial charge in [0.1, 0.15) is 11.5 Å². The van der Waals surface area contributed by atoms with Crippen molar-refractivity contribution < 1.29 is 14.6 Å². The highest BCUT2D eigenvalue weighted by Crippen LogP contribution is 2.46. The topological polar surface area (TPSA) is 46.5 Å². The SMILES string of the molecule is O=C1CC(Cl)(c2ccccc2)Oc2ccc(O)c(Br)c21. The first-order valence-electron chi connectivity index (χ1n) is 5.99. The molecule has 0 bridgehead atoms. The predicted octanol–water partition coefficient (Wildman–Crippen LogP) is 4.21. The minimum Gasteiger partial charge on any atom is -0.507 e. The van der Waals surface area contributed by atoms with Gasteiger partial charge in [-0.1, -0.05) is 41.9 Å². The molecule has 102 valence electrons. The Kier molecular flexibility index (Phi) is 3.22. The second-order valence-electron chi connectivity index (χ2n) is 4.57. The van der Waals surface area contributed by atoms with Crippen LogP contribution in [-0.4, -0.2) is 10.9 Å². The fraction of sp³-hybridized carbons (Fsp3) is 0.133. The molecule has 0 amide bonds. The van der Waals surface area contributed by atoms with E-state index in [2.05, 4.69) is 15.9 Å². The van der Waals surface area contributed by atoms with Crippen molar-refractivity contribution in [2.24, 2.45) is 0 Å². The quantitative estimate of drug-likeness (QED) is 0.781. The van der Waals surface area contributed by atoms with Crippen LogP contribution in [0.4, 0.5) is 0 Å². The minimum absolute atomic E-state index is 0.00230. The number of hydrogen-bond donors (Lipinski definition) is 1. The van der Waals surface area contributed by atoms with Gasteiger partial charge in [0.2, 0.25) is 5.06 Å². The van der Waals surface area contributed by atoms with Gasteiger partial charge in [-0.25, -0.2) is 0 Å². The summed E-state index contributed by atoms with van der Waals surface area (Å²) in [5, 5.41) is 8.45. The van der Waals surface area contributed by atoms with E-state index in [-0.39, 0.29) is 18.0 Å². The molecular weight excluding hydrogens is 344 g/mol. The summed E-state index contributed by atoms with van der Waals surface area (Å²) in [7, 11) is 0. The molecule has 0 spiro atoms. The number of carbonyl (C=O) groups excluding carboxylic acids is 1. The number of halogens is 2. The molecule has 1 heterocycles. The van der Waals surface area contributed by atoms with E-state index >= 15 is 0 Å². The van der Waals surface area contributed by atoms with Gasteiger partial charge in [-0.2, -0.15) is 0 Å². The van der Waals surface area contributed by atoms with Crippen LogP contribution in [0.15, 0.2) is 46.9 Å². The third-order valence-corrected chi connectivity index (χ3v) is 4.46. The van der Waals surface area contributed by atoms with E-state index in [1.807, 2.05) is 30.3 Å². The molecule has 1 atom stereocenters. The number of fused-ring (bicyclic) bond motifs is 1. The first-order valence-corrected chi connectivity index (χ1v) is 7.16. The van der Waals surface area contributed by atoms with Crippen LogP contribution < -0.4 is 4.74 Å². The first kappa shape index (κ1) is 13.5. The Hall–Kier alpha value is -1.52. The maximum Gasteiger partial charge on any atom is 0.215 e. The van der Waals surface area contributed by atoms with Crippen molar-refractivity contribution in [3.8, 4) is 11.5 Å². The third-order valence-electron chi connectivity index (χ3n) is 3.23. The van der Waals surface area contributed by atoms with Crippen LogP contribution in [0.5, 0.6) is 11.5 Å². The summed E-state index contributed by atoms with van der Waals surface area (Å²) in [4.78, 5) is 12.3. The predicted molar refractivity (Wildman–Crippen MR) is 79.4 cm³/mol. The first-order chi connectivity index (χ1) is 9.51. The van der Waals surface area contributed by atoms with Gasteiger partial charge in [0.25, 0.3) is 0 Å². The molecule has 2 aromatic carbocycles. The second-order valence-corrected chi connectivity index (χ2v) is 5.97. The number of carbonyl (C=O) groups is 1. The van der Waals surface area contributed by atoms with Crippen LogP contribution in [0.1, 0.15) is 22.3 Å². The van der Waals surface area contributed by atoms with E-state index in [9.17, 15) is 9.90 Å². The van der Waals surface area contributed by atoms with Gasteiger partial charge in [0, 0.05) is 5.56 Å². The van der Waals surface area contributed by atoms with Crippen molar-refractivity contribution in [2.45, 2.75) is 11.5 Å². The normalized spacial score (nSPS) is 21.2.